The molecule has 0 atom stereocenters. The molecule has 1 aliphatic rings. The second-order valence-electron chi connectivity index (χ2n) is 5.57. The molecule has 76 valence electrons. The summed E-state index contributed by atoms with van der Waals surface area (Å²) in [5, 5.41) is 3.59. The van der Waals surface area contributed by atoms with Crippen molar-refractivity contribution in [2.45, 2.75) is 47.6 Å². The zero-order chi connectivity index (χ0) is 10.3. The SMILES string of the molecule is CC(C)=CCNC1C(C)(C)C1(C)C. The summed E-state index contributed by atoms with van der Waals surface area (Å²) in [7, 11) is 0. The van der Waals surface area contributed by atoms with Gasteiger partial charge in [0.2, 0.25) is 0 Å². The van der Waals surface area contributed by atoms with Crippen molar-refractivity contribution in [2.75, 3.05) is 6.54 Å². The molecule has 0 aromatic carbocycles. The summed E-state index contributed by atoms with van der Waals surface area (Å²) in [5.41, 5.74) is 2.31. The van der Waals surface area contributed by atoms with E-state index in [9.17, 15) is 0 Å². The van der Waals surface area contributed by atoms with Crippen LogP contribution in [0.15, 0.2) is 11.6 Å². The molecule has 13 heavy (non-hydrogen) atoms. The van der Waals surface area contributed by atoms with Crippen molar-refractivity contribution < 1.29 is 0 Å². The lowest BCUT2D eigenvalue weighted by atomic mass is 10.0. The molecule has 0 unspecified atom stereocenters. The van der Waals surface area contributed by atoms with Crippen LogP contribution in [0.1, 0.15) is 41.5 Å². The van der Waals surface area contributed by atoms with Crippen LogP contribution >= 0.6 is 0 Å². The molecule has 1 N–H and O–H groups in total. The first-order valence-electron chi connectivity index (χ1n) is 5.17. The molecular weight excluding hydrogens is 158 g/mol. The molecule has 1 saturated carbocycles. The van der Waals surface area contributed by atoms with Gasteiger partial charge in [0.15, 0.2) is 0 Å². The van der Waals surface area contributed by atoms with Gasteiger partial charge in [-0.15, -0.1) is 0 Å². The Morgan fingerprint density at radius 2 is 1.62 bits per heavy atom. The van der Waals surface area contributed by atoms with E-state index in [0.29, 0.717) is 16.9 Å². The summed E-state index contributed by atoms with van der Waals surface area (Å²) in [4.78, 5) is 0. The van der Waals surface area contributed by atoms with Gasteiger partial charge in [-0.05, 0) is 24.7 Å². The maximum Gasteiger partial charge on any atom is 0.0184 e. The molecule has 0 aromatic rings. The van der Waals surface area contributed by atoms with Gasteiger partial charge in [0, 0.05) is 12.6 Å². The van der Waals surface area contributed by atoms with Gasteiger partial charge < -0.3 is 5.32 Å². The fraction of sp³-hybridized carbons (Fsp3) is 0.833. The molecule has 1 rings (SSSR count). The summed E-state index contributed by atoms with van der Waals surface area (Å²) >= 11 is 0. The van der Waals surface area contributed by atoms with Crippen LogP contribution in [-0.4, -0.2) is 12.6 Å². The van der Waals surface area contributed by atoms with Gasteiger partial charge in [-0.25, -0.2) is 0 Å². The maximum atomic E-state index is 3.59. The zero-order valence-electron chi connectivity index (χ0n) is 9.86. The molecular formula is C12H23N. The Labute approximate surface area is 82.6 Å². The largest absolute Gasteiger partial charge is 0.309 e. The minimum absolute atomic E-state index is 0.461. The van der Waals surface area contributed by atoms with Gasteiger partial charge in [-0.2, -0.15) is 0 Å². The average molecular weight is 181 g/mol. The van der Waals surface area contributed by atoms with Gasteiger partial charge in [-0.3, -0.25) is 0 Å². The normalized spacial score (nSPS) is 24.2. The number of rotatable bonds is 3. The maximum absolute atomic E-state index is 3.59. The minimum Gasteiger partial charge on any atom is -0.309 e. The predicted molar refractivity (Wildman–Crippen MR) is 58.8 cm³/mol. The van der Waals surface area contributed by atoms with Gasteiger partial charge in [0.1, 0.15) is 0 Å². The monoisotopic (exact) mass is 181 g/mol. The van der Waals surface area contributed by atoms with E-state index >= 15 is 0 Å². The molecule has 0 aliphatic heterocycles. The summed E-state index contributed by atoms with van der Waals surface area (Å²) in [6.07, 6.45) is 2.25. The van der Waals surface area contributed by atoms with Crippen LogP contribution in [-0.2, 0) is 0 Å². The van der Waals surface area contributed by atoms with Crippen LogP contribution < -0.4 is 5.32 Å². The van der Waals surface area contributed by atoms with E-state index in [1.54, 1.807) is 0 Å². The van der Waals surface area contributed by atoms with Crippen molar-refractivity contribution in [2.24, 2.45) is 10.8 Å². The molecule has 0 saturated heterocycles. The van der Waals surface area contributed by atoms with E-state index in [1.807, 2.05) is 0 Å². The Morgan fingerprint density at radius 1 is 1.15 bits per heavy atom. The minimum atomic E-state index is 0.461. The van der Waals surface area contributed by atoms with Gasteiger partial charge >= 0.3 is 0 Å². The quantitative estimate of drug-likeness (QED) is 0.660. The van der Waals surface area contributed by atoms with E-state index in [1.165, 1.54) is 5.57 Å². The number of hydrogen-bond donors (Lipinski definition) is 1. The van der Waals surface area contributed by atoms with Crippen molar-refractivity contribution in [1.29, 1.82) is 0 Å². The number of allylic oxidation sites excluding steroid dienone is 1. The first-order valence-corrected chi connectivity index (χ1v) is 5.17. The Morgan fingerprint density at radius 3 is 1.92 bits per heavy atom. The van der Waals surface area contributed by atoms with Gasteiger partial charge in [0.05, 0.1) is 0 Å². The van der Waals surface area contributed by atoms with Gasteiger partial charge in [0.25, 0.3) is 0 Å². The Hall–Kier alpha value is -0.300. The van der Waals surface area contributed by atoms with Crippen molar-refractivity contribution in [3.63, 3.8) is 0 Å². The van der Waals surface area contributed by atoms with Crippen molar-refractivity contribution >= 4 is 0 Å². The second kappa shape index (κ2) is 3.13. The van der Waals surface area contributed by atoms with Crippen LogP contribution in [0, 0.1) is 10.8 Å². The molecule has 1 fully saturated rings. The highest BCUT2D eigenvalue weighted by atomic mass is 15.0. The highest BCUT2D eigenvalue weighted by Crippen LogP contribution is 2.62. The summed E-state index contributed by atoms with van der Waals surface area (Å²) in [6, 6.07) is 0.676. The predicted octanol–water partition coefficient (Wildman–Crippen LogP) is 2.98. The van der Waals surface area contributed by atoms with E-state index in [4.69, 9.17) is 0 Å². The smallest absolute Gasteiger partial charge is 0.0184 e. The third-order valence-electron chi connectivity index (χ3n) is 3.85. The van der Waals surface area contributed by atoms with Crippen molar-refractivity contribution in [3.05, 3.63) is 11.6 Å². The third-order valence-corrected chi connectivity index (χ3v) is 3.85. The highest BCUT2D eigenvalue weighted by molar-refractivity contribution is 5.18. The Kier molecular flexibility index (Phi) is 2.59. The van der Waals surface area contributed by atoms with Crippen LogP contribution in [0.2, 0.25) is 0 Å². The first kappa shape index (κ1) is 10.8. The van der Waals surface area contributed by atoms with E-state index in [0.717, 1.165) is 6.54 Å². The van der Waals surface area contributed by atoms with Crippen LogP contribution in [0.25, 0.3) is 0 Å². The first-order chi connectivity index (χ1) is 5.80. The fourth-order valence-electron chi connectivity index (χ4n) is 2.09. The molecule has 1 aliphatic carbocycles. The standard InChI is InChI=1S/C12H23N/c1-9(2)7-8-13-10-11(3,4)12(10,5)6/h7,10,13H,8H2,1-6H3. The number of nitrogens with one attached hydrogen (secondary N) is 1. The number of hydrogen-bond acceptors (Lipinski definition) is 1. The highest BCUT2D eigenvalue weighted by Gasteiger charge is 2.64. The zero-order valence-corrected chi connectivity index (χ0v) is 9.86. The molecule has 1 heteroatoms. The molecule has 0 heterocycles. The summed E-state index contributed by atoms with van der Waals surface area (Å²) in [5.74, 6) is 0. The van der Waals surface area contributed by atoms with E-state index in [2.05, 4.69) is 52.9 Å². The second-order valence-corrected chi connectivity index (χ2v) is 5.57. The lowest BCUT2D eigenvalue weighted by molar-refractivity contribution is 0.457. The van der Waals surface area contributed by atoms with Crippen LogP contribution in [0.4, 0.5) is 0 Å². The van der Waals surface area contributed by atoms with E-state index in [-0.39, 0.29) is 0 Å². The van der Waals surface area contributed by atoms with Crippen molar-refractivity contribution in [1.82, 2.24) is 5.32 Å². The molecule has 0 spiro atoms. The average Bonchev–Trinajstić information content (AvgIpc) is 2.30. The molecule has 0 radical (unpaired) electrons. The lowest BCUT2D eigenvalue weighted by Gasteiger charge is -2.03. The van der Waals surface area contributed by atoms with E-state index < -0.39 is 0 Å². The van der Waals surface area contributed by atoms with Crippen LogP contribution in [0.5, 0.6) is 0 Å². The van der Waals surface area contributed by atoms with Gasteiger partial charge in [-0.1, -0.05) is 39.3 Å². The molecule has 0 amide bonds. The lowest BCUT2D eigenvalue weighted by Crippen LogP contribution is -2.22. The topological polar surface area (TPSA) is 12.0 Å². The Balaban J connectivity index is 2.39. The third kappa shape index (κ3) is 1.80. The molecule has 0 aromatic heterocycles. The molecule has 1 nitrogen and oxygen atoms in total. The van der Waals surface area contributed by atoms with Crippen molar-refractivity contribution in [3.8, 4) is 0 Å². The summed E-state index contributed by atoms with van der Waals surface area (Å²) < 4.78 is 0. The van der Waals surface area contributed by atoms with Crippen LogP contribution in [0.3, 0.4) is 0 Å². The Bertz CT molecular complexity index is 205. The summed E-state index contributed by atoms with van der Waals surface area (Å²) in [6.45, 7) is 14.7. The fourth-order valence-corrected chi connectivity index (χ4v) is 2.09. The molecule has 0 bridgehead atoms.